The maximum atomic E-state index is 12.9. The summed E-state index contributed by atoms with van der Waals surface area (Å²) < 4.78 is 32.3. The molecular formula is C17H20N6O4S. The molecule has 2 aromatic heterocycles. The lowest BCUT2D eigenvalue weighted by molar-refractivity contribution is 0.383. The largest absolute Gasteiger partial charge is 0.417 e. The summed E-state index contributed by atoms with van der Waals surface area (Å²) in [5.41, 5.74) is 0.689. The number of sulfonamides is 1. The molecule has 3 heterocycles. The first-order chi connectivity index (χ1) is 13.5. The van der Waals surface area contributed by atoms with Crippen LogP contribution in [0, 0.1) is 0 Å². The Morgan fingerprint density at radius 1 is 1.14 bits per heavy atom. The van der Waals surface area contributed by atoms with E-state index < -0.39 is 15.8 Å². The number of aromatic nitrogens is 3. The first-order valence-corrected chi connectivity index (χ1v) is 10.4. The number of nitrogens with one attached hydrogen (secondary N) is 2. The Labute approximate surface area is 161 Å². The number of hydrogen-bond donors (Lipinski definition) is 2. The monoisotopic (exact) mass is 404 g/mol. The Bertz CT molecular complexity index is 1130. The van der Waals surface area contributed by atoms with Crippen LogP contribution in [0.1, 0.15) is 6.92 Å². The Balaban J connectivity index is 1.47. The third-order valence-electron chi connectivity index (χ3n) is 4.60. The van der Waals surface area contributed by atoms with Gasteiger partial charge in [0.2, 0.25) is 10.0 Å². The molecule has 0 radical (unpaired) electrons. The van der Waals surface area contributed by atoms with Crippen molar-refractivity contribution in [3.8, 4) is 0 Å². The van der Waals surface area contributed by atoms with Gasteiger partial charge in [-0.05, 0) is 37.3 Å². The van der Waals surface area contributed by atoms with Crippen LogP contribution in [-0.2, 0) is 10.0 Å². The Kier molecular flexibility index (Phi) is 4.77. The number of H-pyrrole nitrogens is 1. The molecule has 1 aromatic carbocycles. The van der Waals surface area contributed by atoms with Crippen molar-refractivity contribution < 1.29 is 12.8 Å². The average molecular weight is 404 g/mol. The number of rotatable bonds is 5. The molecular weight excluding hydrogens is 384 g/mol. The molecule has 4 rings (SSSR count). The summed E-state index contributed by atoms with van der Waals surface area (Å²) >= 11 is 0. The van der Waals surface area contributed by atoms with Gasteiger partial charge in [0, 0.05) is 32.7 Å². The summed E-state index contributed by atoms with van der Waals surface area (Å²) in [6, 6.07) is 8.09. The van der Waals surface area contributed by atoms with Gasteiger partial charge in [0.1, 0.15) is 5.82 Å². The molecule has 2 N–H and O–H groups in total. The maximum Gasteiger partial charge on any atom is 0.417 e. The van der Waals surface area contributed by atoms with Gasteiger partial charge in [-0.3, -0.25) is 4.98 Å². The second-order valence-electron chi connectivity index (χ2n) is 6.37. The molecule has 10 nitrogen and oxygen atoms in total. The normalized spacial score (nSPS) is 15.8. The molecule has 0 saturated carbocycles. The van der Waals surface area contributed by atoms with E-state index in [0.29, 0.717) is 43.1 Å². The number of hydrogen-bond acceptors (Lipinski definition) is 8. The molecule has 0 bridgehead atoms. The highest BCUT2D eigenvalue weighted by Gasteiger charge is 2.29. The molecule has 0 unspecified atom stereocenters. The van der Waals surface area contributed by atoms with Gasteiger partial charge in [0.25, 0.3) is 0 Å². The van der Waals surface area contributed by atoms with Gasteiger partial charge in [0.05, 0.1) is 10.4 Å². The highest BCUT2D eigenvalue weighted by Crippen LogP contribution is 2.22. The van der Waals surface area contributed by atoms with Crippen LogP contribution in [0.3, 0.4) is 0 Å². The molecule has 0 spiro atoms. The Morgan fingerprint density at radius 2 is 1.93 bits per heavy atom. The van der Waals surface area contributed by atoms with E-state index in [1.165, 1.54) is 22.5 Å². The standard InChI is InChI=1S/C17H20N6O4S/c1-2-18-15-5-6-16(21-20-15)22-7-9-23(10-8-22)28(25,26)12-3-4-14-13(11-12)19-17(24)27-14/h3-6,11H,2,7-10H2,1H3,(H,18,20)(H,19,24). The quantitative estimate of drug-likeness (QED) is 0.641. The minimum absolute atomic E-state index is 0.125. The highest BCUT2D eigenvalue weighted by molar-refractivity contribution is 7.89. The van der Waals surface area contributed by atoms with Crippen molar-refractivity contribution in [3.05, 3.63) is 40.9 Å². The first kappa shape index (κ1) is 18.4. The number of anilines is 2. The third kappa shape index (κ3) is 3.45. The molecule has 1 fully saturated rings. The van der Waals surface area contributed by atoms with Crippen LogP contribution >= 0.6 is 0 Å². The van der Waals surface area contributed by atoms with Crippen molar-refractivity contribution in [1.82, 2.24) is 19.5 Å². The smallest absolute Gasteiger partial charge is 0.408 e. The van der Waals surface area contributed by atoms with Gasteiger partial charge in [-0.15, -0.1) is 10.2 Å². The van der Waals surface area contributed by atoms with Crippen LogP contribution in [0.25, 0.3) is 11.1 Å². The minimum Gasteiger partial charge on any atom is -0.408 e. The van der Waals surface area contributed by atoms with Gasteiger partial charge in [-0.2, -0.15) is 4.31 Å². The molecule has 0 amide bonds. The van der Waals surface area contributed by atoms with Crippen molar-refractivity contribution in [2.75, 3.05) is 42.9 Å². The fraction of sp³-hybridized carbons (Fsp3) is 0.353. The van der Waals surface area contributed by atoms with Crippen molar-refractivity contribution in [2.24, 2.45) is 0 Å². The molecule has 28 heavy (non-hydrogen) atoms. The number of nitrogens with zero attached hydrogens (tertiary/aromatic N) is 4. The lowest BCUT2D eigenvalue weighted by Crippen LogP contribution is -2.49. The number of benzene rings is 1. The lowest BCUT2D eigenvalue weighted by Gasteiger charge is -2.34. The van der Waals surface area contributed by atoms with Gasteiger partial charge in [-0.1, -0.05) is 0 Å². The van der Waals surface area contributed by atoms with Crippen molar-refractivity contribution in [1.29, 1.82) is 0 Å². The topological polar surface area (TPSA) is 124 Å². The van der Waals surface area contributed by atoms with Crippen LogP contribution in [0.15, 0.2) is 44.4 Å². The van der Waals surface area contributed by atoms with E-state index in [9.17, 15) is 13.2 Å². The molecule has 0 atom stereocenters. The highest BCUT2D eigenvalue weighted by atomic mass is 32.2. The fourth-order valence-corrected chi connectivity index (χ4v) is 4.62. The zero-order valence-electron chi connectivity index (χ0n) is 15.3. The SMILES string of the molecule is CCNc1ccc(N2CCN(S(=O)(=O)c3ccc4oc(=O)[nH]c4c3)CC2)nn1. The predicted octanol–water partition coefficient (Wildman–Crippen LogP) is 0.854. The molecule has 1 saturated heterocycles. The second-order valence-corrected chi connectivity index (χ2v) is 8.31. The van der Waals surface area contributed by atoms with Crippen LogP contribution in [0.5, 0.6) is 0 Å². The summed E-state index contributed by atoms with van der Waals surface area (Å²) in [6.45, 7) is 4.44. The summed E-state index contributed by atoms with van der Waals surface area (Å²) in [4.78, 5) is 15.9. The molecule has 148 valence electrons. The molecule has 0 aliphatic carbocycles. The van der Waals surface area contributed by atoms with Crippen LogP contribution in [0.2, 0.25) is 0 Å². The van der Waals surface area contributed by atoms with Crippen molar-refractivity contribution in [3.63, 3.8) is 0 Å². The van der Waals surface area contributed by atoms with Crippen LogP contribution in [-0.4, -0.2) is 60.6 Å². The molecule has 1 aliphatic heterocycles. The summed E-state index contributed by atoms with van der Waals surface area (Å²) in [7, 11) is -3.67. The number of aromatic amines is 1. The van der Waals surface area contributed by atoms with Gasteiger partial charge in [0.15, 0.2) is 11.4 Å². The van der Waals surface area contributed by atoms with E-state index in [0.717, 1.165) is 12.4 Å². The molecule has 11 heteroatoms. The molecule has 3 aromatic rings. The van der Waals surface area contributed by atoms with Crippen molar-refractivity contribution >= 4 is 32.8 Å². The van der Waals surface area contributed by atoms with Gasteiger partial charge >= 0.3 is 5.76 Å². The zero-order valence-corrected chi connectivity index (χ0v) is 16.1. The van der Waals surface area contributed by atoms with E-state index in [1.54, 1.807) is 0 Å². The van der Waals surface area contributed by atoms with E-state index in [2.05, 4.69) is 20.5 Å². The van der Waals surface area contributed by atoms with E-state index >= 15 is 0 Å². The van der Waals surface area contributed by atoms with Gasteiger partial charge < -0.3 is 14.6 Å². The second kappa shape index (κ2) is 7.24. The van der Waals surface area contributed by atoms with E-state index in [1.807, 2.05) is 24.0 Å². The average Bonchev–Trinajstić information content (AvgIpc) is 3.08. The van der Waals surface area contributed by atoms with E-state index in [-0.39, 0.29) is 4.90 Å². The molecule has 1 aliphatic rings. The van der Waals surface area contributed by atoms with Crippen molar-refractivity contribution in [2.45, 2.75) is 11.8 Å². The van der Waals surface area contributed by atoms with E-state index in [4.69, 9.17) is 4.42 Å². The van der Waals surface area contributed by atoms with Gasteiger partial charge in [-0.25, -0.2) is 13.2 Å². The Morgan fingerprint density at radius 3 is 2.61 bits per heavy atom. The number of oxazole rings is 1. The zero-order chi connectivity index (χ0) is 19.7. The lowest BCUT2D eigenvalue weighted by atomic mass is 10.3. The third-order valence-corrected chi connectivity index (χ3v) is 6.49. The summed E-state index contributed by atoms with van der Waals surface area (Å²) in [6.07, 6.45) is 0. The summed E-state index contributed by atoms with van der Waals surface area (Å²) in [5, 5.41) is 11.4. The fourth-order valence-electron chi connectivity index (χ4n) is 3.17. The first-order valence-electron chi connectivity index (χ1n) is 8.93. The predicted molar refractivity (Wildman–Crippen MR) is 104 cm³/mol. The minimum atomic E-state index is -3.67. The van der Waals surface area contributed by atoms with Crippen LogP contribution < -0.4 is 16.0 Å². The van der Waals surface area contributed by atoms with Crippen LogP contribution in [0.4, 0.5) is 11.6 Å². The number of piperazine rings is 1. The summed E-state index contributed by atoms with van der Waals surface area (Å²) in [5.74, 6) is 0.815. The number of fused-ring (bicyclic) bond motifs is 1. The maximum absolute atomic E-state index is 12.9. The Hall–Kier alpha value is -2.92.